The number of ether oxygens (including phenoxy) is 1. The van der Waals surface area contributed by atoms with Gasteiger partial charge in [-0.3, -0.25) is 4.79 Å². The summed E-state index contributed by atoms with van der Waals surface area (Å²) in [4.78, 5) is 10.7. The lowest BCUT2D eigenvalue weighted by atomic mass is 10.2. The minimum atomic E-state index is -4.30. The van der Waals surface area contributed by atoms with E-state index in [0.717, 1.165) is 0 Å². The monoisotopic (exact) mass is 260 g/mol. The minimum Gasteiger partial charge on any atom is -0.480 e. The number of hydrogen-bond acceptors (Lipinski definition) is 3. The first-order valence-electron chi connectivity index (χ1n) is 4.67. The standard InChI is InChI=1S/C9H15F3O3S/c1-8(2,7(13)14)16-5-3-4-15-6-9(10,11)12/h3-6H2,1-2H3,(H,13,14). The van der Waals surface area contributed by atoms with Crippen LogP contribution in [0.2, 0.25) is 0 Å². The number of carboxylic acid groups (broad SMARTS) is 1. The molecule has 3 nitrogen and oxygen atoms in total. The van der Waals surface area contributed by atoms with Gasteiger partial charge in [0.15, 0.2) is 0 Å². The quantitative estimate of drug-likeness (QED) is 0.715. The fraction of sp³-hybridized carbons (Fsp3) is 0.889. The largest absolute Gasteiger partial charge is 0.480 e. The predicted octanol–water partition coefficient (Wildman–Crippen LogP) is 2.55. The van der Waals surface area contributed by atoms with Crippen LogP contribution in [0.4, 0.5) is 13.2 Å². The Morgan fingerprint density at radius 1 is 1.38 bits per heavy atom. The van der Waals surface area contributed by atoms with Gasteiger partial charge >= 0.3 is 12.1 Å². The molecule has 7 heteroatoms. The second-order valence-electron chi connectivity index (χ2n) is 3.69. The Labute approximate surface area is 96.3 Å². The van der Waals surface area contributed by atoms with Crippen molar-refractivity contribution in [2.24, 2.45) is 0 Å². The highest BCUT2D eigenvalue weighted by Gasteiger charge is 2.28. The van der Waals surface area contributed by atoms with E-state index in [9.17, 15) is 18.0 Å². The Morgan fingerprint density at radius 2 is 1.94 bits per heavy atom. The maximum absolute atomic E-state index is 11.7. The average Bonchev–Trinajstić information content (AvgIpc) is 2.09. The van der Waals surface area contributed by atoms with Gasteiger partial charge in [0.1, 0.15) is 11.4 Å². The van der Waals surface area contributed by atoms with Crippen molar-refractivity contribution >= 4 is 17.7 Å². The molecule has 0 fully saturated rings. The molecule has 0 saturated heterocycles. The smallest absolute Gasteiger partial charge is 0.411 e. The third-order valence-electron chi connectivity index (χ3n) is 1.68. The second-order valence-corrected chi connectivity index (χ2v) is 5.40. The highest BCUT2D eigenvalue weighted by Crippen LogP contribution is 2.25. The van der Waals surface area contributed by atoms with E-state index in [1.807, 2.05) is 0 Å². The van der Waals surface area contributed by atoms with E-state index >= 15 is 0 Å². The molecule has 0 heterocycles. The van der Waals surface area contributed by atoms with Gasteiger partial charge in [0, 0.05) is 6.61 Å². The zero-order valence-corrected chi connectivity index (χ0v) is 9.95. The van der Waals surface area contributed by atoms with Crippen LogP contribution in [0.5, 0.6) is 0 Å². The molecule has 0 bridgehead atoms. The van der Waals surface area contributed by atoms with E-state index in [1.54, 1.807) is 13.8 Å². The van der Waals surface area contributed by atoms with Crippen molar-refractivity contribution < 1.29 is 27.8 Å². The van der Waals surface area contributed by atoms with Crippen molar-refractivity contribution in [2.75, 3.05) is 19.0 Å². The summed E-state index contributed by atoms with van der Waals surface area (Å²) in [7, 11) is 0. The molecule has 0 spiro atoms. The maximum Gasteiger partial charge on any atom is 0.411 e. The number of rotatable bonds is 7. The van der Waals surface area contributed by atoms with E-state index in [2.05, 4.69) is 4.74 Å². The van der Waals surface area contributed by atoms with Gasteiger partial charge in [0.2, 0.25) is 0 Å². The van der Waals surface area contributed by atoms with E-state index < -0.39 is 23.5 Å². The zero-order chi connectivity index (χ0) is 12.8. The minimum absolute atomic E-state index is 0.0117. The molecule has 0 aromatic carbocycles. The van der Waals surface area contributed by atoms with Crippen LogP contribution in [-0.4, -0.2) is 41.0 Å². The average molecular weight is 260 g/mol. The molecule has 1 N–H and O–H groups in total. The molecule has 0 aliphatic heterocycles. The number of hydrogen-bond donors (Lipinski definition) is 1. The molecule has 0 unspecified atom stereocenters. The number of aliphatic carboxylic acids is 1. The van der Waals surface area contributed by atoms with Gasteiger partial charge in [-0.05, 0) is 26.0 Å². The van der Waals surface area contributed by atoms with E-state index in [4.69, 9.17) is 5.11 Å². The summed E-state index contributed by atoms with van der Waals surface area (Å²) >= 11 is 1.18. The van der Waals surface area contributed by atoms with Gasteiger partial charge in [0.25, 0.3) is 0 Å². The third kappa shape index (κ3) is 7.81. The van der Waals surface area contributed by atoms with Gasteiger partial charge in [-0.15, -0.1) is 11.8 Å². The molecule has 0 rings (SSSR count). The van der Waals surface area contributed by atoms with Gasteiger partial charge in [-0.2, -0.15) is 13.2 Å². The van der Waals surface area contributed by atoms with Crippen LogP contribution < -0.4 is 0 Å². The van der Waals surface area contributed by atoms with Gasteiger partial charge < -0.3 is 9.84 Å². The zero-order valence-electron chi connectivity index (χ0n) is 9.13. The van der Waals surface area contributed by atoms with Gasteiger partial charge in [-0.25, -0.2) is 0 Å². The molecule has 0 amide bonds. The van der Waals surface area contributed by atoms with Crippen LogP contribution in [0.25, 0.3) is 0 Å². The molecule has 0 aromatic heterocycles. The summed E-state index contributed by atoms with van der Waals surface area (Å²) in [5, 5.41) is 8.75. The lowest BCUT2D eigenvalue weighted by molar-refractivity contribution is -0.173. The molecular formula is C9H15F3O3S. The number of carbonyl (C=O) groups is 1. The Kier molecular flexibility index (Phi) is 6.17. The predicted molar refractivity (Wildman–Crippen MR) is 55.7 cm³/mol. The number of thioether (sulfide) groups is 1. The molecule has 0 aliphatic carbocycles. The Morgan fingerprint density at radius 3 is 2.38 bits per heavy atom. The molecule has 0 atom stereocenters. The van der Waals surface area contributed by atoms with Crippen molar-refractivity contribution in [2.45, 2.75) is 31.2 Å². The van der Waals surface area contributed by atoms with Crippen LogP contribution in [0.1, 0.15) is 20.3 Å². The molecule has 0 aliphatic rings. The third-order valence-corrected chi connectivity index (χ3v) is 3.07. The topological polar surface area (TPSA) is 46.5 Å². The molecule has 0 saturated carbocycles. The fourth-order valence-electron chi connectivity index (χ4n) is 0.738. The summed E-state index contributed by atoms with van der Waals surface area (Å²) < 4.78 is 38.4. The Bertz CT molecular complexity index is 229. The number of alkyl halides is 3. The molecule has 0 aromatic rings. The fourth-order valence-corrected chi connectivity index (χ4v) is 1.63. The first-order valence-corrected chi connectivity index (χ1v) is 5.65. The van der Waals surface area contributed by atoms with E-state index in [0.29, 0.717) is 12.2 Å². The normalized spacial score (nSPS) is 12.8. The summed E-state index contributed by atoms with van der Waals surface area (Å²) in [5.41, 5.74) is 0. The van der Waals surface area contributed by atoms with Crippen LogP contribution in [0, 0.1) is 0 Å². The van der Waals surface area contributed by atoms with Crippen molar-refractivity contribution in [1.29, 1.82) is 0 Å². The van der Waals surface area contributed by atoms with Crippen molar-refractivity contribution in [3.63, 3.8) is 0 Å². The van der Waals surface area contributed by atoms with Crippen LogP contribution in [0.3, 0.4) is 0 Å². The summed E-state index contributed by atoms with van der Waals surface area (Å²) in [6, 6.07) is 0. The van der Waals surface area contributed by atoms with Crippen molar-refractivity contribution in [1.82, 2.24) is 0 Å². The molecular weight excluding hydrogens is 245 g/mol. The summed E-state index contributed by atoms with van der Waals surface area (Å²) in [5.74, 6) is -0.481. The first-order chi connectivity index (χ1) is 7.15. The summed E-state index contributed by atoms with van der Waals surface area (Å²) in [6.45, 7) is 1.84. The molecule has 0 radical (unpaired) electrons. The maximum atomic E-state index is 11.7. The Hall–Kier alpha value is -0.430. The lowest BCUT2D eigenvalue weighted by Gasteiger charge is -2.18. The van der Waals surface area contributed by atoms with Gasteiger partial charge in [-0.1, -0.05) is 0 Å². The molecule has 96 valence electrons. The Balaban J connectivity index is 3.52. The highest BCUT2D eigenvalue weighted by molar-refractivity contribution is 8.01. The van der Waals surface area contributed by atoms with Crippen LogP contribution >= 0.6 is 11.8 Å². The van der Waals surface area contributed by atoms with Crippen LogP contribution in [0.15, 0.2) is 0 Å². The molecule has 16 heavy (non-hydrogen) atoms. The van der Waals surface area contributed by atoms with Crippen molar-refractivity contribution in [3.8, 4) is 0 Å². The van der Waals surface area contributed by atoms with Crippen molar-refractivity contribution in [3.05, 3.63) is 0 Å². The second kappa shape index (κ2) is 6.34. The van der Waals surface area contributed by atoms with Crippen LogP contribution in [-0.2, 0) is 9.53 Å². The SMILES string of the molecule is CC(C)(SCCCOCC(F)(F)F)C(=O)O. The number of carboxylic acids is 1. The van der Waals surface area contributed by atoms with Gasteiger partial charge in [0.05, 0.1) is 0 Å². The lowest BCUT2D eigenvalue weighted by Crippen LogP contribution is -2.27. The van der Waals surface area contributed by atoms with E-state index in [1.165, 1.54) is 11.8 Å². The number of halogens is 3. The highest BCUT2D eigenvalue weighted by atomic mass is 32.2. The first kappa shape index (κ1) is 15.6. The summed E-state index contributed by atoms with van der Waals surface area (Å²) in [6.07, 6.45) is -3.90. The van der Waals surface area contributed by atoms with E-state index in [-0.39, 0.29) is 6.61 Å².